The fourth-order valence-corrected chi connectivity index (χ4v) is 1.79. The summed E-state index contributed by atoms with van der Waals surface area (Å²) in [5.41, 5.74) is 9.63. The number of aryl methyl sites for hydroxylation is 1. The van der Waals surface area contributed by atoms with Gasteiger partial charge >= 0.3 is 0 Å². The van der Waals surface area contributed by atoms with Crippen LogP contribution in [0.15, 0.2) is 18.3 Å². The molecule has 2 aromatic rings. The molecule has 0 bridgehead atoms. The van der Waals surface area contributed by atoms with Gasteiger partial charge in [-0.05, 0) is 18.6 Å². The summed E-state index contributed by atoms with van der Waals surface area (Å²) in [5, 5.41) is 11.3. The molecule has 96 valence electrons. The van der Waals surface area contributed by atoms with E-state index in [0.29, 0.717) is 11.5 Å². The average Bonchev–Trinajstić information content (AvgIpc) is 2.72. The minimum Gasteiger partial charge on any atom is -0.398 e. The Kier molecular flexibility index (Phi) is 3.33. The van der Waals surface area contributed by atoms with Gasteiger partial charge in [-0.3, -0.25) is 14.4 Å². The van der Waals surface area contributed by atoms with Crippen LogP contribution in [0.5, 0.6) is 0 Å². The molecule has 2 rings (SSSR count). The Labute approximate surface area is 104 Å². The van der Waals surface area contributed by atoms with Gasteiger partial charge < -0.3 is 11.1 Å². The average molecular weight is 249 g/mol. The quantitative estimate of drug-likeness (QED) is 0.463. The number of nitrogens with one attached hydrogen (secondary N) is 2. The van der Waals surface area contributed by atoms with Crippen LogP contribution in [0.3, 0.4) is 0 Å². The number of amides is 1. The van der Waals surface area contributed by atoms with Crippen LogP contribution in [0.2, 0.25) is 0 Å². The predicted molar refractivity (Wildman–Crippen MR) is 67.4 cm³/mol. The molecule has 0 aliphatic carbocycles. The predicted octanol–water partition coefficient (Wildman–Crippen LogP) is 0.396. The molecule has 18 heavy (non-hydrogen) atoms. The third-order valence-electron chi connectivity index (χ3n) is 2.62. The lowest BCUT2D eigenvalue weighted by Crippen LogP contribution is -2.27. The number of carbonyl (C=O) groups is 1. The summed E-state index contributed by atoms with van der Waals surface area (Å²) in [5.74, 6) is 0.0975. The number of hydrogen-bond acceptors (Lipinski definition) is 5. The van der Waals surface area contributed by atoms with E-state index in [2.05, 4.69) is 10.3 Å². The SMILES string of the molecule is CCc1c(NCC(=O)NO)nc2ccc(N)cn12. The molecule has 5 N–H and O–H groups in total. The molecule has 0 unspecified atom stereocenters. The summed E-state index contributed by atoms with van der Waals surface area (Å²) in [6.45, 7) is 1.95. The van der Waals surface area contributed by atoms with E-state index < -0.39 is 5.91 Å². The Bertz CT molecular complexity index is 578. The highest BCUT2D eigenvalue weighted by atomic mass is 16.5. The van der Waals surface area contributed by atoms with Gasteiger partial charge in [0.05, 0.1) is 12.2 Å². The number of fused-ring (bicyclic) bond motifs is 1. The van der Waals surface area contributed by atoms with E-state index in [1.807, 2.05) is 17.4 Å². The van der Waals surface area contributed by atoms with E-state index in [4.69, 9.17) is 10.9 Å². The lowest BCUT2D eigenvalue weighted by Gasteiger charge is -2.04. The van der Waals surface area contributed by atoms with Gasteiger partial charge in [-0.2, -0.15) is 0 Å². The lowest BCUT2D eigenvalue weighted by molar-refractivity contribution is -0.127. The second-order valence-electron chi connectivity index (χ2n) is 3.84. The molecule has 0 saturated carbocycles. The second kappa shape index (κ2) is 4.92. The van der Waals surface area contributed by atoms with Gasteiger partial charge in [0.2, 0.25) is 0 Å². The Morgan fingerprint density at radius 2 is 2.33 bits per heavy atom. The minimum atomic E-state index is -0.520. The maximum absolute atomic E-state index is 11.0. The van der Waals surface area contributed by atoms with Crippen molar-refractivity contribution in [1.29, 1.82) is 0 Å². The standard InChI is InChI=1S/C11H15N5O2/c1-2-8-11(13-5-10(17)15-18)14-9-4-3-7(12)6-16(8)9/h3-4,6,13,18H,2,5,12H2,1H3,(H,15,17). The van der Waals surface area contributed by atoms with E-state index in [0.717, 1.165) is 17.8 Å². The summed E-state index contributed by atoms with van der Waals surface area (Å²) in [6.07, 6.45) is 2.53. The van der Waals surface area contributed by atoms with E-state index in [1.165, 1.54) is 0 Å². The number of hydroxylamine groups is 1. The molecule has 0 aromatic carbocycles. The van der Waals surface area contributed by atoms with E-state index in [-0.39, 0.29) is 6.54 Å². The number of rotatable bonds is 4. The van der Waals surface area contributed by atoms with Gasteiger partial charge in [-0.1, -0.05) is 6.92 Å². The van der Waals surface area contributed by atoms with Crippen LogP contribution in [0, 0.1) is 0 Å². The molecule has 0 aliphatic heterocycles. The highest BCUT2D eigenvalue weighted by molar-refractivity contribution is 5.79. The van der Waals surface area contributed by atoms with Crippen LogP contribution >= 0.6 is 0 Å². The van der Waals surface area contributed by atoms with Gasteiger partial charge in [0.15, 0.2) is 0 Å². The Hall–Kier alpha value is -2.28. The highest BCUT2D eigenvalue weighted by Gasteiger charge is 2.11. The molecule has 7 heteroatoms. The first-order valence-corrected chi connectivity index (χ1v) is 5.59. The third-order valence-corrected chi connectivity index (χ3v) is 2.62. The maximum Gasteiger partial charge on any atom is 0.262 e. The van der Waals surface area contributed by atoms with Crippen molar-refractivity contribution in [2.75, 3.05) is 17.6 Å². The molecule has 2 heterocycles. The molecule has 0 radical (unpaired) electrons. The summed E-state index contributed by atoms with van der Waals surface area (Å²) in [6, 6.07) is 3.58. The zero-order valence-corrected chi connectivity index (χ0v) is 9.97. The number of aromatic nitrogens is 2. The fourth-order valence-electron chi connectivity index (χ4n) is 1.79. The van der Waals surface area contributed by atoms with Crippen LogP contribution in [0.1, 0.15) is 12.6 Å². The fraction of sp³-hybridized carbons (Fsp3) is 0.273. The zero-order valence-electron chi connectivity index (χ0n) is 9.97. The first-order valence-electron chi connectivity index (χ1n) is 5.59. The minimum absolute atomic E-state index is 0.0388. The Morgan fingerprint density at radius 1 is 1.56 bits per heavy atom. The number of pyridine rings is 1. The molecule has 0 aliphatic rings. The molecule has 0 atom stereocenters. The van der Waals surface area contributed by atoms with Crippen molar-refractivity contribution in [3.63, 3.8) is 0 Å². The van der Waals surface area contributed by atoms with Crippen molar-refractivity contribution in [2.24, 2.45) is 0 Å². The first-order chi connectivity index (χ1) is 8.65. The summed E-state index contributed by atoms with van der Waals surface area (Å²) in [7, 11) is 0. The van der Waals surface area contributed by atoms with Crippen molar-refractivity contribution >= 4 is 23.1 Å². The number of anilines is 2. The first kappa shape index (κ1) is 12.2. The van der Waals surface area contributed by atoms with Gasteiger partial charge in [0.25, 0.3) is 5.91 Å². The number of nitrogen functional groups attached to an aromatic ring is 1. The summed E-state index contributed by atoms with van der Waals surface area (Å²) >= 11 is 0. The third kappa shape index (κ3) is 2.21. The maximum atomic E-state index is 11.0. The lowest BCUT2D eigenvalue weighted by atomic mass is 10.3. The Balaban J connectivity index is 2.35. The monoisotopic (exact) mass is 249 g/mol. The van der Waals surface area contributed by atoms with Gasteiger partial charge in [0.1, 0.15) is 11.5 Å². The van der Waals surface area contributed by atoms with Gasteiger partial charge in [0, 0.05) is 11.9 Å². The van der Waals surface area contributed by atoms with Crippen LogP contribution in [-0.4, -0.2) is 27.0 Å². The van der Waals surface area contributed by atoms with Crippen LogP contribution in [-0.2, 0) is 11.2 Å². The largest absolute Gasteiger partial charge is 0.398 e. The number of nitrogens with two attached hydrogens (primary N) is 1. The smallest absolute Gasteiger partial charge is 0.262 e. The Morgan fingerprint density at radius 3 is 3.00 bits per heavy atom. The second-order valence-corrected chi connectivity index (χ2v) is 3.84. The van der Waals surface area contributed by atoms with Crippen molar-refractivity contribution in [1.82, 2.24) is 14.9 Å². The number of carbonyl (C=O) groups excluding carboxylic acids is 1. The van der Waals surface area contributed by atoms with Crippen molar-refractivity contribution < 1.29 is 10.0 Å². The van der Waals surface area contributed by atoms with Crippen molar-refractivity contribution in [2.45, 2.75) is 13.3 Å². The number of nitrogens with zero attached hydrogens (tertiary/aromatic N) is 2. The molecular weight excluding hydrogens is 234 g/mol. The van der Waals surface area contributed by atoms with Crippen molar-refractivity contribution in [3.05, 3.63) is 24.0 Å². The molecule has 0 spiro atoms. The summed E-state index contributed by atoms with van der Waals surface area (Å²) < 4.78 is 1.88. The molecule has 2 aromatic heterocycles. The molecule has 0 saturated heterocycles. The van der Waals surface area contributed by atoms with Crippen LogP contribution in [0.4, 0.5) is 11.5 Å². The molecule has 7 nitrogen and oxygen atoms in total. The topological polar surface area (TPSA) is 105 Å². The van der Waals surface area contributed by atoms with Crippen LogP contribution in [0.25, 0.3) is 5.65 Å². The van der Waals surface area contributed by atoms with Gasteiger partial charge in [-0.15, -0.1) is 0 Å². The molecular formula is C11H15N5O2. The molecule has 1 amide bonds. The number of imidazole rings is 1. The van der Waals surface area contributed by atoms with Crippen molar-refractivity contribution in [3.8, 4) is 0 Å². The highest BCUT2D eigenvalue weighted by Crippen LogP contribution is 2.19. The normalized spacial score (nSPS) is 10.6. The van der Waals surface area contributed by atoms with Gasteiger partial charge in [-0.25, -0.2) is 10.5 Å². The summed E-state index contributed by atoms with van der Waals surface area (Å²) in [4.78, 5) is 15.3. The zero-order chi connectivity index (χ0) is 13.1. The van der Waals surface area contributed by atoms with E-state index >= 15 is 0 Å². The van der Waals surface area contributed by atoms with Crippen LogP contribution < -0.4 is 16.5 Å². The molecule has 0 fully saturated rings. The van der Waals surface area contributed by atoms with E-state index in [9.17, 15) is 4.79 Å². The number of hydrogen-bond donors (Lipinski definition) is 4. The van der Waals surface area contributed by atoms with E-state index in [1.54, 1.807) is 17.7 Å².